The fourth-order valence-electron chi connectivity index (χ4n) is 3.09. The van der Waals surface area contributed by atoms with Crippen LogP contribution in [0.1, 0.15) is 0 Å². The summed E-state index contributed by atoms with van der Waals surface area (Å²) >= 11 is 5.99. The minimum absolute atomic E-state index is 0.316. The highest BCUT2D eigenvalue weighted by molar-refractivity contribution is 6.30. The maximum atomic E-state index is 12.3. The van der Waals surface area contributed by atoms with Gasteiger partial charge in [0.25, 0.3) is 5.78 Å². The van der Waals surface area contributed by atoms with Gasteiger partial charge in [-0.2, -0.15) is 9.61 Å². The van der Waals surface area contributed by atoms with Gasteiger partial charge in [-0.3, -0.25) is 0 Å². The summed E-state index contributed by atoms with van der Waals surface area (Å²) in [7, 11) is 0. The summed E-state index contributed by atoms with van der Waals surface area (Å²) in [6.07, 6.45) is 0. The summed E-state index contributed by atoms with van der Waals surface area (Å²) in [6.45, 7) is 0. The molecular formula is C19H12ClN5O. The van der Waals surface area contributed by atoms with Gasteiger partial charge in [0.15, 0.2) is 0 Å². The Balaban J connectivity index is 1.84. The Morgan fingerprint density at radius 3 is 2.46 bits per heavy atom. The van der Waals surface area contributed by atoms with Crippen molar-refractivity contribution in [1.82, 2.24) is 24.2 Å². The highest BCUT2D eigenvalue weighted by Gasteiger charge is 2.15. The standard InChI is InChI=1S/C19H12ClN5O/c20-14-8-6-13(7-9-14)17-11-15-10-16(12-4-2-1-3-5-12)23-25(15)18-21-22-19(26)24(17)18/h1-11H,(H,22,26). The van der Waals surface area contributed by atoms with E-state index in [1.54, 1.807) is 16.6 Å². The molecule has 1 N–H and O–H groups in total. The van der Waals surface area contributed by atoms with Crippen molar-refractivity contribution < 1.29 is 0 Å². The van der Waals surface area contributed by atoms with Crippen LogP contribution in [0.4, 0.5) is 0 Å². The van der Waals surface area contributed by atoms with E-state index in [4.69, 9.17) is 11.6 Å². The average Bonchev–Trinajstić information content (AvgIpc) is 3.26. The summed E-state index contributed by atoms with van der Waals surface area (Å²) < 4.78 is 3.18. The number of nitrogens with zero attached hydrogens (tertiary/aromatic N) is 4. The molecule has 5 rings (SSSR count). The molecule has 3 heterocycles. The minimum atomic E-state index is -0.316. The van der Waals surface area contributed by atoms with Crippen LogP contribution in [-0.4, -0.2) is 24.2 Å². The molecule has 2 aromatic carbocycles. The molecule has 7 heteroatoms. The molecule has 0 aliphatic rings. The van der Waals surface area contributed by atoms with Gasteiger partial charge in [0.2, 0.25) is 0 Å². The predicted molar refractivity (Wildman–Crippen MR) is 100 cm³/mol. The largest absolute Gasteiger partial charge is 0.349 e. The maximum absolute atomic E-state index is 12.3. The Morgan fingerprint density at radius 1 is 0.923 bits per heavy atom. The zero-order valence-electron chi connectivity index (χ0n) is 13.4. The Morgan fingerprint density at radius 2 is 1.69 bits per heavy atom. The van der Waals surface area contributed by atoms with Crippen LogP contribution < -0.4 is 5.69 Å². The van der Waals surface area contributed by atoms with Crippen LogP contribution in [0.25, 0.3) is 33.8 Å². The minimum Gasteiger partial charge on any atom is -0.246 e. The lowest BCUT2D eigenvalue weighted by Gasteiger charge is -2.06. The van der Waals surface area contributed by atoms with Gasteiger partial charge >= 0.3 is 5.69 Å². The second-order valence-electron chi connectivity index (χ2n) is 5.93. The molecule has 0 amide bonds. The second-order valence-corrected chi connectivity index (χ2v) is 6.37. The number of aromatic nitrogens is 5. The number of aromatic amines is 1. The van der Waals surface area contributed by atoms with E-state index in [9.17, 15) is 4.79 Å². The Bertz CT molecular complexity index is 1300. The first-order chi connectivity index (χ1) is 12.7. The molecule has 0 atom stereocenters. The van der Waals surface area contributed by atoms with Crippen molar-refractivity contribution in [2.75, 3.05) is 0 Å². The molecule has 126 valence electrons. The molecule has 0 saturated heterocycles. The quantitative estimate of drug-likeness (QED) is 0.521. The SMILES string of the molecule is O=c1[nH]nc2n1c(-c1ccc(Cl)cc1)cc1cc(-c3ccccc3)nn12. The Hall–Kier alpha value is -3.38. The number of nitrogens with one attached hydrogen (secondary N) is 1. The van der Waals surface area contributed by atoms with Crippen LogP contribution >= 0.6 is 11.6 Å². The average molecular weight is 362 g/mol. The lowest BCUT2D eigenvalue weighted by Crippen LogP contribution is -2.13. The van der Waals surface area contributed by atoms with Gasteiger partial charge in [0, 0.05) is 10.6 Å². The van der Waals surface area contributed by atoms with Crippen molar-refractivity contribution in [2.24, 2.45) is 0 Å². The van der Waals surface area contributed by atoms with Gasteiger partial charge in [0.1, 0.15) is 0 Å². The third-order valence-electron chi connectivity index (χ3n) is 4.32. The van der Waals surface area contributed by atoms with E-state index in [1.807, 2.05) is 54.6 Å². The molecule has 6 nitrogen and oxygen atoms in total. The lowest BCUT2D eigenvalue weighted by atomic mass is 10.1. The third kappa shape index (κ3) is 2.23. The number of halogens is 1. The number of H-pyrrole nitrogens is 1. The first-order valence-electron chi connectivity index (χ1n) is 8.02. The van der Waals surface area contributed by atoms with Crippen LogP contribution in [0, 0.1) is 0 Å². The molecule has 5 aromatic rings. The second kappa shape index (κ2) is 5.57. The van der Waals surface area contributed by atoms with E-state index in [-0.39, 0.29) is 5.69 Å². The Labute approximate surface area is 152 Å². The lowest BCUT2D eigenvalue weighted by molar-refractivity contribution is 0.932. The first-order valence-corrected chi connectivity index (χ1v) is 8.40. The van der Waals surface area contributed by atoms with Crippen LogP contribution in [0.2, 0.25) is 5.02 Å². The molecule has 0 saturated carbocycles. The number of benzene rings is 2. The summed E-state index contributed by atoms with van der Waals surface area (Å²) in [5.74, 6) is 0.430. The van der Waals surface area contributed by atoms with E-state index < -0.39 is 0 Å². The number of fused-ring (bicyclic) bond motifs is 3. The number of hydrogen-bond donors (Lipinski definition) is 1. The molecular weight excluding hydrogens is 350 g/mol. The monoisotopic (exact) mass is 361 g/mol. The van der Waals surface area contributed by atoms with Crippen molar-refractivity contribution in [2.45, 2.75) is 0 Å². The van der Waals surface area contributed by atoms with Gasteiger partial charge in [-0.1, -0.05) is 54.1 Å². The number of hydrogen-bond acceptors (Lipinski definition) is 3. The van der Waals surface area contributed by atoms with Crippen molar-refractivity contribution in [3.8, 4) is 22.5 Å². The topological polar surface area (TPSA) is 67.5 Å². The molecule has 0 bridgehead atoms. The zero-order chi connectivity index (χ0) is 17.7. The molecule has 3 aromatic heterocycles. The smallest absolute Gasteiger partial charge is 0.246 e. The van der Waals surface area contributed by atoms with Gasteiger partial charge in [-0.15, -0.1) is 5.10 Å². The van der Waals surface area contributed by atoms with Gasteiger partial charge in [-0.25, -0.2) is 14.3 Å². The van der Waals surface area contributed by atoms with Crippen molar-refractivity contribution in [3.63, 3.8) is 0 Å². The van der Waals surface area contributed by atoms with Crippen molar-refractivity contribution >= 4 is 22.9 Å². The van der Waals surface area contributed by atoms with Crippen molar-refractivity contribution in [3.05, 3.63) is 82.2 Å². The molecule has 0 spiro atoms. The molecule has 0 radical (unpaired) electrons. The summed E-state index contributed by atoms with van der Waals surface area (Å²) in [4.78, 5) is 12.3. The molecule has 0 fully saturated rings. The van der Waals surface area contributed by atoms with Crippen LogP contribution in [0.15, 0.2) is 71.5 Å². The highest BCUT2D eigenvalue weighted by Crippen LogP contribution is 2.26. The highest BCUT2D eigenvalue weighted by atomic mass is 35.5. The zero-order valence-corrected chi connectivity index (χ0v) is 14.2. The Kier molecular flexibility index (Phi) is 3.20. The molecule has 0 unspecified atom stereocenters. The van der Waals surface area contributed by atoms with E-state index >= 15 is 0 Å². The maximum Gasteiger partial charge on any atom is 0.349 e. The normalized spacial score (nSPS) is 11.4. The fourth-order valence-corrected chi connectivity index (χ4v) is 3.22. The molecule has 0 aliphatic heterocycles. The van der Waals surface area contributed by atoms with Crippen LogP contribution in [-0.2, 0) is 0 Å². The van der Waals surface area contributed by atoms with E-state index in [0.29, 0.717) is 10.8 Å². The van der Waals surface area contributed by atoms with E-state index in [2.05, 4.69) is 15.3 Å². The van der Waals surface area contributed by atoms with E-state index in [1.165, 1.54) is 4.40 Å². The van der Waals surface area contributed by atoms with Crippen LogP contribution in [0.3, 0.4) is 0 Å². The van der Waals surface area contributed by atoms with Gasteiger partial charge < -0.3 is 0 Å². The third-order valence-corrected chi connectivity index (χ3v) is 4.57. The van der Waals surface area contributed by atoms with E-state index in [0.717, 1.165) is 28.0 Å². The molecule has 0 aliphatic carbocycles. The first kappa shape index (κ1) is 14.9. The van der Waals surface area contributed by atoms with Crippen molar-refractivity contribution in [1.29, 1.82) is 0 Å². The predicted octanol–water partition coefficient (Wildman–Crippen LogP) is 3.66. The van der Waals surface area contributed by atoms with Gasteiger partial charge in [-0.05, 0) is 29.8 Å². The fraction of sp³-hybridized carbons (Fsp3) is 0. The summed E-state index contributed by atoms with van der Waals surface area (Å²) in [5.41, 5.74) is 3.94. The summed E-state index contributed by atoms with van der Waals surface area (Å²) in [5, 5.41) is 11.9. The number of rotatable bonds is 2. The molecule has 26 heavy (non-hydrogen) atoms. The summed E-state index contributed by atoms with van der Waals surface area (Å²) in [6, 6.07) is 21.1. The van der Waals surface area contributed by atoms with Gasteiger partial charge in [0.05, 0.1) is 16.9 Å². The van der Waals surface area contributed by atoms with Crippen LogP contribution in [0.5, 0.6) is 0 Å².